The molecule has 0 saturated carbocycles. The average Bonchev–Trinajstić information content (AvgIpc) is 3.30. The van der Waals surface area contributed by atoms with Gasteiger partial charge in [-0.25, -0.2) is 0 Å². The number of benzene rings is 10. The topological polar surface area (TPSA) is 3.24 Å². The minimum absolute atomic E-state index is 1.09. The van der Waals surface area contributed by atoms with E-state index in [9.17, 15) is 0 Å². The van der Waals surface area contributed by atoms with Crippen LogP contribution < -0.4 is 4.90 Å². The Bertz CT molecular complexity index is 2980. The smallest absolute Gasteiger partial charge is 0.0540 e. The average molecular weight is 726 g/mol. The lowest BCUT2D eigenvalue weighted by atomic mass is 9.90. The van der Waals surface area contributed by atoms with E-state index in [4.69, 9.17) is 0 Å². The molecule has 10 rings (SSSR count). The molecule has 57 heavy (non-hydrogen) atoms. The van der Waals surface area contributed by atoms with Crippen molar-refractivity contribution >= 4 is 38.6 Å². The first-order chi connectivity index (χ1) is 28.3. The van der Waals surface area contributed by atoms with Crippen LogP contribution in [-0.4, -0.2) is 0 Å². The second-order valence-electron chi connectivity index (χ2n) is 14.5. The predicted octanol–water partition coefficient (Wildman–Crippen LogP) is 15.8. The van der Waals surface area contributed by atoms with Gasteiger partial charge >= 0.3 is 0 Å². The number of rotatable bonds is 8. The molecule has 1 nitrogen and oxygen atoms in total. The third kappa shape index (κ3) is 6.66. The molecule has 0 atom stereocenters. The molecule has 0 aromatic heterocycles. The number of hydrogen-bond donors (Lipinski definition) is 0. The first-order valence-corrected chi connectivity index (χ1v) is 19.6. The van der Waals surface area contributed by atoms with Crippen molar-refractivity contribution in [3.05, 3.63) is 237 Å². The lowest BCUT2D eigenvalue weighted by molar-refractivity contribution is 1.30. The minimum Gasteiger partial charge on any atom is -0.309 e. The Morgan fingerprint density at radius 2 is 0.737 bits per heavy atom. The van der Waals surface area contributed by atoms with Gasteiger partial charge in [-0.2, -0.15) is 0 Å². The van der Waals surface area contributed by atoms with Crippen molar-refractivity contribution in [2.45, 2.75) is 0 Å². The van der Waals surface area contributed by atoms with Crippen LogP contribution in [0.15, 0.2) is 237 Å². The van der Waals surface area contributed by atoms with Crippen LogP contribution in [0.1, 0.15) is 0 Å². The summed E-state index contributed by atoms with van der Waals surface area (Å²) in [6, 6.07) is 85.7. The second-order valence-corrected chi connectivity index (χ2v) is 14.5. The van der Waals surface area contributed by atoms with Gasteiger partial charge in [-0.05, 0) is 109 Å². The zero-order valence-corrected chi connectivity index (χ0v) is 31.5. The van der Waals surface area contributed by atoms with Crippen LogP contribution in [0.3, 0.4) is 0 Å². The molecule has 0 heterocycles. The first kappa shape index (κ1) is 34.0. The van der Waals surface area contributed by atoms with E-state index in [2.05, 4.69) is 241 Å². The molecular formula is C56H39N. The Balaban J connectivity index is 1.11. The summed E-state index contributed by atoms with van der Waals surface area (Å²) < 4.78 is 0. The Kier molecular flexibility index (Phi) is 8.95. The number of nitrogens with zero attached hydrogens (tertiary/aromatic N) is 1. The van der Waals surface area contributed by atoms with Crippen LogP contribution in [0.25, 0.3) is 77.2 Å². The monoisotopic (exact) mass is 725 g/mol. The van der Waals surface area contributed by atoms with E-state index in [1.807, 2.05) is 0 Å². The van der Waals surface area contributed by atoms with E-state index >= 15 is 0 Å². The van der Waals surface area contributed by atoms with E-state index < -0.39 is 0 Å². The molecule has 0 aliphatic carbocycles. The summed E-state index contributed by atoms with van der Waals surface area (Å²) in [5, 5.41) is 4.90. The van der Waals surface area contributed by atoms with Crippen LogP contribution >= 0.6 is 0 Å². The molecule has 0 fully saturated rings. The van der Waals surface area contributed by atoms with Gasteiger partial charge in [-0.3, -0.25) is 0 Å². The molecule has 0 amide bonds. The molecule has 10 aromatic rings. The molecule has 0 saturated heterocycles. The summed E-state index contributed by atoms with van der Waals surface area (Å²) in [6.45, 7) is 0. The SMILES string of the molecule is c1ccc(-c2ccc(N(c3ccc(-c4ccc(-c5ccc6ccccc6c5)c(-c5ccccc5)c4)cc3)c3cccc4ccccc34)c(-c3ccccc3)c2)cc1. The van der Waals surface area contributed by atoms with Crippen LogP contribution in [0.2, 0.25) is 0 Å². The highest BCUT2D eigenvalue weighted by atomic mass is 15.1. The number of fused-ring (bicyclic) bond motifs is 2. The quantitative estimate of drug-likeness (QED) is 0.151. The first-order valence-electron chi connectivity index (χ1n) is 19.6. The molecule has 268 valence electrons. The lowest BCUT2D eigenvalue weighted by Gasteiger charge is -2.29. The molecule has 0 aliphatic heterocycles. The maximum Gasteiger partial charge on any atom is 0.0540 e. The molecule has 0 spiro atoms. The molecule has 0 radical (unpaired) electrons. The maximum atomic E-state index is 2.43. The highest BCUT2D eigenvalue weighted by Gasteiger charge is 2.20. The summed E-state index contributed by atoms with van der Waals surface area (Å²) in [6.07, 6.45) is 0. The standard InChI is InChI=1S/C56H39N/c1-4-15-40(16-5-1)48-32-36-56(54(39-48)45-20-8-3-9-21-45)57(55-26-14-24-43-22-12-13-25-52(43)55)50-33-29-42(30-34-50)47-31-35-51(53(38-47)44-18-6-2-7-19-44)49-28-27-41-17-10-11-23-46(41)37-49/h1-39H. The van der Waals surface area contributed by atoms with Gasteiger partial charge in [0.15, 0.2) is 0 Å². The Morgan fingerprint density at radius 3 is 1.46 bits per heavy atom. The largest absolute Gasteiger partial charge is 0.309 e. The minimum atomic E-state index is 1.09. The van der Waals surface area contributed by atoms with E-state index in [1.165, 1.54) is 77.2 Å². The van der Waals surface area contributed by atoms with Crippen molar-refractivity contribution in [2.24, 2.45) is 0 Å². The van der Waals surface area contributed by atoms with Gasteiger partial charge < -0.3 is 4.90 Å². The van der Waals surface area contributed by atoms with Crippen molar-refractivity contribution in [2.75, 3.05) is 4.90 Å². The molecule has 1 heteroatoms. The van der Waals surface area contributed by atoms with Gasteiger partial charge in [0.2, 0.25) is 0 Å². The van der Waals surface area contributed by atoms with Crippen molar-refractivity contribution < 1.29 is 0 Å². The van der Waals surface area contributed by atoms with Gasteiger partial charge in [-0.1, -0.05) is 194 Å². The molecule has 0 N–H and O–H groups in total. The van der Waals surface area contributed by atoms with Crippen molar-refractivity contribution in [1.82, 2.24) is 0 Å². The molecule has 0 aliphatic rings. The van der Waals surface area contributed by atoms with Gasteiger partial charge in [0.05, 0.1) is 11.4 Å². The summed E-state index contributed by atoms with van der Waals surface area (Å²) >= 11 is 0. The molecular weight excluding hydrogens is 687 g/mol. The third-order valence-corrected chi connectivity index (χ3v) is 11.1. The van der Waals surface area contributed by atoms with Crippen molar-refractivity contribution in [3.63, 3.8) is 0 Å². The van der Waals surface area contributed by atoms with Gasteiger partial charge in [0.1, 0.15) is 0 Å². The van der Waals surface area contributed by atoms with Crippen LogP contribution in [0.4, 0.5) is 17.1 Å². The van der Waals surface area contributed by atoms with E-state index in [0.717, 1.165) is 17.1 Å². The fraction of sp³-hybridized carbons (Fsp3) is 0. The van der Waals surface area contributed by atoms with E-state index in [0.29, 0.717) is 0 Å². The van der Waals surface area contributed by atoms with Gasteiger partial charge in [0.25, 0.3) is 0 Å². The zero-order chi connectivity index (χ0) is 38.0. The third-order valence-electron chi connectivity index (χ3n) is 11.1. The maximum absolute atomic E-state index is 2.43. The van der Waals surface area contributed by atoms with Crippen LogP contribution in [0, 0.1) is 0 Å². The highest BCUT2D eigenvalue weighted by Crippen LogP contribution is 2.45. The summed E-state index contributed by atoms with van der Waals surface area (Å²) in [5.74, 6) is 0. The highest BCUT2D eigenvalue weighted by molar-refractivity contribution is 6.02. The second kappa shape index (κ2) is 15.0. The zero-order valence-electron chi connectivity index (χ0n) is 31.5. The van der Waals surface area contributed by atoms with E-state index in [-0.39, 0.29) is 0 Å². The molecule has 0 unspecified atom stereocenters. The predicted molar refractivity (Wildman–Crippen MR) is 243 cm³/mol. The Labute approximate surface area is 334 Å². The Morgan fingerprint density at radius 1 is 0.228 bits per heavy atom. The molecule has 10 aromatic carbocycles. The fourth-order valence-electron chi connectivity index (χ4n) is 8.19. The summed E-state index contributed by atoms with van der Waals surface area (Å²) in [7, 11) is 0. The number of anilines is 3. The van der Waals surface area contributed by atoms with Crippen LogP contribution in [-0.2, 0) is 0 Å². The summed E-state index contributed by atoms with van der Waals surface area (Å²) in [5.41, 5.74) is 15.3. The van der Waals surface area contributed by atoms with E-state index in [1.54, 1.807) is 0 Å². The van der Waals surface area contributed by atoms with Crippen molar-refractivity contribution in [1.29, 1.82) is 0 Å². The van der Waals surface area contributed by atoms with Crippen molar-refractivity contribution in [3.8, 4) is 55.6 Å². The normalized spacial score (nSPS) is 11.2. The lowest BCUT2D eigenvalue weighted by Crippen LogP contribution is -2.12. The van der Waals surface area contributed by atoms with Gasteiger partial charge in [0, 0.05) is 16.6 Å². The fourth-order valence-corrected chi connectivity index (χ4v) is 8.19. The summed E-state index contributed by atoms with van der Waals surface area (Å²) in [4.78, 5) is 2.43. The van der Waals surface area contributed by atoms with Gasteiger partial charge in [-0.15, -0.1) is 0 Å². The number of hydrogen-bond acceptors (Lipinski definition) is 1. The Hall–Kier alpha value is -7.48. The van der Waals surface area contributed by atoms with Crippen LogP contribution in [0.5, 0.6) is 0 Å². The molecule has 0 bridgehead atoms.